The van der Waals surface area contributed by atoms with Gasteiger partial charge in [-0.1, -0.05) is 19.8 Å². The van der Waals surface area contributed by atoms with Crippen molar-refractivity contribution in [1.82, 2.24) is 5.32 Å². The number of nitrogens with zero attached hydrogens (tertiary/aromatic N) is 2. The summed E-state index contributed by atoms with van der Waals surface area (Å²) >= 11 is 0. The van der Waals surface area contributed by atoms with Gasteiger partial charge in [-0.05, 0) is 56.2 Å². The van der Waals surface area contributed by atoms with E-state index in [2.05, 4.69) is 17.1 Å². The van der Waals surface area contributed by atoms with Crippen molar-refractivity contribution >= 4 is 29.7 Å². The molecule has 1 heterocycles. The first-order valence-corrected chi connectivity index (χ1v) is 10.0. The van der Waals surface area contributed by atoms with Crippen molar-refractivity contribution < 1.29 is 9.72 Å². The highest BCUT2D eigenvalue weighted by Gasteiger charge is 2.28. The van der Waals surface area contributed by atoms with Crippen molar-refractivity contribution in [1.29, 1.82) is 0 Å². The molecule has 7 nitrogen and oxygen atoms in total. The topological polar surface area (TPSA) is 102 Å². The van der Waals surface area contributed by atoms with E-state index >= 15 is 0 Å². The molecule has 2 unspecified atom stereocenters. The number of nitrogens with one attached hydrogen (secondary N) is 1. The van der Waals surface area contributed by atoms with E-state index in [-0.39, 0.29) is 40.9 Å². The maximum atomic E-state index is 12.7. The highest BCUT2D eigenvalue weighted by Crippen LogP contribution is 2.32. The minimum atomic E-state index is -0.382. The molecule has 0 aromatic heterocycles. The lowest BCUT2D eigenvalue weighted by Gasteiger charge is -2.32. The van der Waals surface area contributed by atoms with Crippen molar-refractivity contribution in [3.05, 3.63) is 33.9 Å². The molecule has 2 aliphatic rings. The zero-order valence-electron chi connectivity index (χ0n) is 16.4. The summed E-state index contributed by atoms with van der Waals surface area (Å²) in [5.41, 5.74) is 6.80. The van der Waals surface area contributed by atoms with Crippen LogP contribution in [0.1, 0.15) is 55.8 Å². The lowest BCUT2D eigenvalue weighted by molar-refractivity contribution is -0.384. The number of piperidine rings is 1. The molecule has 1 aliphatic carbocycles. The van der Waals surface area contributed by atoms with E-state index in [1.807, 2.05) is 0 Å². The molecule has 2 fully saturated rings. The van der Waals surface area contributed by atoms with E-state index in [4.69, 9.17) is 5.73 Å². The van der Waals surface area contributed by atoms with Crippen LogP contribution in [-0.4, -0.2) is 36.5 Å². The molecule has 1 aliphatic heterocycles. The van der Waals surface area contributed by atoms with Gasteiger partial charge in [0.1, 0.15) is 5.69 Å². The molecule has 2 atom stereocenters. The second-order valence-electron chi connectivity index (χ2n) is 7.99. The second-order valence-corrected chi connectivity index (χ2v) is 7.99. The van der Waals surface area contributed by atoms with Crippen molar-refractivity contribution in [3.8, 4) is 0 Å². The molecule has 0 bridgehead atoms. The summed E-state index contributed by atoms with van der Waals surface area (Å²) in [7, 11) is 0. The number of rotatable bonds is 5. The SMILES string of the molecule is CC1CCN(c2ccc(C(=O)NC3CCCCC3CN)cc2[N+](=O)[O-])CC1.Cl. The van der Waals surface area contributed by atoms with Gasteiger partial charge in [0.15, 0.2) is 0 Å². The van der Waals surface area contributed by atoms with Crippen LogP contribution in [0, 0.1) is 22.0 Å². The number of halogens is 1. The van der Waals surface area contributed by atoms with Gasteiger partial charge in [-0.15, -0.1) is 12.4 Å². The Bertz CT molecular complexity index is 692. The normalized spacial score (nSPS) is 23.0. The first-order chi connectivity index (χ1) is 13.0. The largest absolute Gasteiger partial charge is 0.366 e. The summed E-state index contributed by atoms with van der Waals surface area (Å²) in [5, 5.41) is 14.7. The van der Waals surface area contributed by atoms with Crippen LogP contribution in [0.25, 0.3) is 0 Å². The number of nitro benzene ring substituents is 1. The van der Waals surface area contributed by atoms with Crippen LogP contribution >= 0.6 is 12.4 Å². The number of carbonyl (C=O) groups excluding carboxylic acids is 1. The van der Waals surface area contributed by atoms with Crippen molar-refractivity contribution in [3.63, 3.8) is 0 Å². The van der Waals surface area contributed by atoms with Crippen LogP contribution in [-0.2, 0) is 0 Å². The standard InChI is InChI=1S/C20H30N4O3.ClH/c1-14-8-10-23(11-9-14)18-7-6-15(12-19(18)24(26)27)20(25)22-17-5-3-2-4-16(17)13-21;/h6-7,12,14,16-17H,2-5,8-11,13,21H2,1H3,(H,22,25);1H. The maximum absolute atomic E-state index is 12.7. The number of anilines is 1. The molecule has 0 radical (unpaired) electrons. The molecule has 1 saturated heterocycles. The highest BCUT2D eigenvalue weighted by atomic mass is 35.5. The Kier molecular flexibility index (Phi) is 8.07. The predicted molar refractivity (Wildman–Crippen MR) is 113 cm³/mol. The molecule has 3 rings (SSSR count). The van der Waals surface area contributed by atoms with E-state index in [9.17, 15) is 14.9 Å². The third-order valence-corrected chi connectivity index (χ3v) is 6.09. The van der Waals surface area contributed by atoms with Crippen LogP contribution in [0.5, 0.6) is 0 Å². The quantitative estimate of drug-likeness (QED) is 0.571. The van der Waals surface area contributed by atoms with Gasteiger partial charge >= 0.3 is 0 Å². The van der Waals surface area contributed by atoms with Crippen LogP contribution in [0.2, 0.25) is 0 Å². The molecular weight excluding hydrogens is 380 g/mol. The molecule has 1 aromatic carbocycles. The summed E-state index contributed by atoms with van der Waals surface area (Å²) in [4.78, 5) is 26.0. The molecule has 156 valence electrons. The van der Waals surface area contributed by atoms with Gasteiger partial charge in [0.05, 0.1) is 4.92 Å². The number of hydrogen-bond acceptors (Lipinski definition) is 5. The first-order valence-electron chi connectivity index (χ1n) is 10.0. The fourth-order valence-electron chi connectivity index (χ4n) is 4.26. The molecule has 1 saturated carbocycles. The molecule has 0 spiro atoms. The lowest BCUT2D eigenvalue weighted by Crippen LogP contribution is -2.44. The summed E-state index contributed by atoms with van der Waals surface area (Å²) in [5.74, 6) is 0.686. The predicted octanol–water partition coefficient (Wildman–Crippen LogP) is 3.50. The molecular formula is C20H31ClN4O3. The van der Waals surface area contributed by atoms with Crippen molar-refractivity contribution in [2.45, 2.75) is 51.5 Å². The number of nitro groups is 1. The minimum absolute atomic E-state index is 0. The van der Waals surface area contributed by atoms with Gasteiger partial charge in [0.2, 0.25) is 0 Å². The first kappa shape index (κ1) is 22.4. The number of hydrogen-bond donors (Lipinski definition) is 2. The Morgan fingerprint density at radius 3 is 2.57 bits per heavy atom. The number of amides is 1. The van der Waals surface area contributed by atoms with Crippen LogP contribution < -0.4 is 16.0 Å². The third-order valence-electron chi connectivity index (χ3n) is 6.09. The average molecular weight is 411 g/mol. The molecule has 3 N–H and O–H groups in total. The van der Waals surface area contributed by atoms with Crippen LogP contribution in [0.4, 0.5) is 11.4 Å². The minimum Gasteiger partial charge on any atom is -0.366 e. The maximum Gasteiger partial charge on any atom is 0.293 e. The van der Waals surface area contributed by atoms with Crippen molar-refractivity contribution in [2.75, 3.05) is 24.5 Å². The zero-order valence-corrected chi connectivity index (χ0v) is 17.2. The van der Waals surface area contributed by atoms with Gasteiger partial charge in [0, 0.05) is 30.8 Å². The van der Waals surface area contributed by atoms with E-state index in [1.54, 1.807) is 12.1 Å². The molecule has 1 aromatic rings. The zero-order chi connectivity index (χ0) is 19.4. The Morgan fingerprint density at radius 2 is 1.93 bits per heavy atom. The Labute approximate surface area is 172 Å². The summed E-state index contributed by atoms with van der Waals surface area (Å²) in [6, 6.07) is 4.90. The monoisotopic (exact) mass is 410 g/mol. The fraction of sp³-hybridized carbons (Fsp3) is 0.650. The van der Waals surface area contributed by atoms with Gasteiger partial charge in [-0.25, -0.2) is 0 Å². The number of benzene rings is 1. The highest BCUT2D eigenvalue weighted by molar-refractivity contribution is 5.96. The second kappa shape index (κ2) is 10.1. The number of carbonyl (C=O) groups is 1. The Hall–Kier alpha value is -1.86. The fourth-order valence-corrected chi connectivity index (χ4v) is 4.26. The molecule has 1 amide bonds. The van der Waals surface area contributed by atoms with Crippen LogP contribution in [0.15, 0.2) is 18.2 Å². The van der Waals surface area contributed by atoms with Crippen molar-refractivity contribution in [2.24, 2.45) is 17.6 Å². The summed E-state index contributed by atoms with van der Waals surface area (Å²) in [6.45, 7) is 4.39. The molecule has 28 heavy (non-hydrogen) atoms. The number of nitrogens with two attached hydrogens (primary N) is 1. The van der Waals surface area contributed by atoms with Gasteiger partial charge in [-0.2, -0.15) is 0 Å². The van der Waals surface area contributed by atoms with E-state index in [1.165, 1.54) is 6.07 Å². The third kappa shape index (κ3) is 5.14. The van der Waals surface area contributed by atoms with E-state index in [0.29, 0.717) is 23.7 Å². The summed E-state index contributed by atoms with van der Waals surface area (Å²) in [6.07, 6.45) is 6.22. The Balaban J connectivity index is 0.00000280. The van der Waals surface area contributed by atoms with Crippen LogP contribution in [0.3, 0.4) is 0 Å². The smallest absolute Gasteiger partial charge is 0.293 e. The van der Waals surface area contributed by atoms with Gasteiger partial charge < -0.3 is 16.0 Å². The molecule has 8 heteroatoms. The van der Waals surface area contributed by atoms with Gasteiger partial charge in [0.25, 0.3) is 11.6 Å². The Morgan fingerprint density at radius 1 is 1.25 bits per heavy atom. The summed E-state index contributed by atoms with van der Waals surface area (Å²) < 4.78 is 0. The average Bonchev–Trinajstić information content (AvgIpc) is 2.68. The lowest BCUT2D eigenvalue weighted by atomic mass is 9.84. The van der Waals surface area contributed by atoms with Gasteiger partial charge in [-0.3, -0.25) is 14.9 Å². The van der Waals surface area contributed by atoms with E-state index < -0.39 is 0 Å². The van der Waals surface area contributed by atoms with E-state index in [0.717, 1.165) is 51.6 Å².